The van der Waals surface area contributed by atoms with E-state index in [1.54, 1.807) is 6.20 Å². The van der Waals surface area contributed by atoms with Gasteiger partial charge in [0.2, 0.25) is 0 Å². The number of rotatable bonds is 6. The van der Waals surface area contributed by atoms with Gasteiger partial charge in [0.15, 0.2) is 5.65 Å². The summed E-state index contributed by atoms with van der Waals surface area (Å²) in [5.74, 6) is 0.713. The molecule has 1 aromatic carbocycles. The van der Waals surface area contributed by atoms with Crippen molar-refractivity contribution in [2.75, 3.05) is 0 Å². The summed E-state index contributed by atoms with van der Waals surface area (Å²) < 4.78 is 1.90. The number of benzene rings is 1. The van der Waals surface area contributed by atoms with E-state index in [0.717, 1.165) is 29.6 Å². The summed E-state index contributed by atoms with van der Waals surface area (Å²) in [6.45, 7) is 8.36. The van der Waals surface area contributed by atoms with Gasteiger partial charge in [0, 0.05) is 11.7 Å². The SMILES string of the molecule is CC(C)c1cc(C(=O)N[C@H](c2ccccc2)C2CC2)c2cnn(C(C)C)c2n1. The van der Waals surface area contributed by atoms with E-state index in [-0.39, 0.29) is 23.9 Å². The average molecular weight is 377 g/mol. The third-order valence-corrected chi connectivity index (χ3v) is 5.45. The van der Waals surface area contributed by atoms with E-state index in [2.05, 4.69) is 50.2 Å². The van der Waals surface area contributed by atoms with Gasteiger partial charge in [0.05, 0.1) is 23.2 Å². The highest BCUT2D eigenvalue weighted by molar-refractivity contribution is 6.05. The largest absolute Gasteiger partial charge is 0.345 e. The molecule has 0 aliphatic heterocycles. The summed E-state index contributed by atoms with van der Waals surface area (Å²) in [6, 6.07) is 12.5. The molecule has 1 atom stereocenters. The Balaban J connectivity index is 1.74. The second-order valence-electron chi connectivity index (χ2n) is 8.37. The molecule has 28 heavy (non-hydrogen) atoms. The van der Waals surface area contributed by atoms with Crippen LogP contribution >= 0.6 is 0 Å². The van der Waals surface area contributed by atoms with Crippen LogP contribution in [0.4, 0.5) is 0 Å². The summed E-state index contributed by atoms with van der Waals surface area (Å²) in [7, 11) is 0. The van der Waals surface area contributed by atoms with Crippen molar-refractivity contribution in [1.82, 2.24) is 20.1 Å². The molecule has 146 valence electrons. The fourth-order valence-electron chi connectivity index (χ4n) is 3.68. The Kier molecular flexibility index (Phi) is 4.92. The second kappa shape index (κ2) is 7.38. The first kappa shape index (κ1) is 18.7. The Bertz CT molecular complexity index is 987. The predicted octanol–water partition coefficient (Wildman–Crippen LogP) is 5.02. The number of carbonyl (C=O) groups is 1. The first-order valence-corrected chi connectivity index (χ1v) is 10.2. The standard InChI is InChI=1S/C23H28N4O/c1-14(2)20-12-18(19-13-24-27(15(3)4)22(19)25-20)23(28)26-21(17-10-11-17)16-8-6-5-7-9-16/h5-9,12-15,17,21H,10-11H2,1-4H3,(H,26,28)/t21-/m1/s1. The molecule has 0 unspecified atom stereocenters. The molecule has 0 bridgehead atoms. The van der Waals surface area contributed by atoms with E-state index in [1.807, 2.05) is 28.9 Å². The van der Waals surface area contributed by atoms with Crippen LogP contribution < -0.4 is 5.32 Å². The Morgan fingerprint density at radius 2 is 1.86 bits per heavy atom. The molecule has 0 spiro atoms. The molecule has 1 aliphatic rings. The van der Waals surface area contributed by atoms with Gasteiger partial charge >= 0.3 is 0 Å². The molecule has 1 N–H and O–H groups in total. The number of carbonyl (C=O) groups excluding carboxylic acids is 1. The monoisotopic (exact) mass is 376 g/mol. The van der Waals surface area contributed by atoms with Crippen LogP contribution in [0.1, 0.15) is 80.2 Å². The molecule has 2 heterocycles. The van der Waals surface area contributed by atoms with Gasteiger partial charge in [-0.2, -0.15) is 5.10 Å². The molecular formula is C23H28N4O. The number of hydrogen-bond acceptors (Lipinski definition) is 3. The number of hydrogen-bond donors (Lipinski definition) is 1. The van der Waals surface area contributed by atoms with Crippen LogP contribution in [0.15, 0.2) is 42.6 Å². The van der Waals surface area contributed by atoms with Crippen LogP contribution in [0.5, 0.6) is 0 Å². The van der Waals surface area contributed by atoms with Gasteiger partial charge in [-0.15, -0.1) is 0 Å². The smallest absolute Gasteiger partial charge is 0.252 e. The molecule has 0 radical (unpaired) electrons. The van der Waals surface area contributed by atoms with E-state index in [4.69, 9.17) is 4.98 Å². The predicted molar refractivity (Wildman–Crippen MR) is 111 cm³/mol. The first-order valence-electron chi connectivity index (χ1n) is 10.2. The van der Waals surface area contributed by atoms with Crippen LogP contribution in [-0.4, -0.2) is 20.7 Å². The summed E-state index contributed by atoms with van der Waals surface area (Å²) in [6.07, 6.45) is 4.10. The number of nitrogens with zero attached hydrogens (tertiary/aromatic N) is 3. The highest BCUT2D eigenvalue weighted by Crippen LogP contribution is 2.41. The highest BCUT2D eigenvalue weighted by Gasteiger charge is 2.34. The zero-order valence-electron chi connectivity index (χ0n) is 17.0. The van der Waals surface area contributed by atoms with Crippen molar-refractivity contribution < 1.29 is 4.79 Å². The Hall–Kier alpha value is -2.69. The van der Waals surface area contributed by atoms with Crippen LogP contribution in [0.3, 0.4) is 0 Å². The first-order chi connectivity index (χ1) is 13.5. The lowest BCUT2D eigenvalue weighted by atomic mass is 10.0. The van der Waals surface area contributed by atoms with E-state index in [0.29, 0.717) is 11.5 Å². The van der Waals surface area contributed by atoms with Crippen molar-refractivity contribution in [3.05, 3.63) is 59.4 Å². The van der Waals surface area contributed by atoms with Crippen molar-refractivity contribution >= 4 is 16.9 Å². The van der Waals surface area contributed by atoms with Crippen molar-refractivity contribution in [2.45, 2.75) is 58.5 Å². The summed E-state index contributed by atoms with van der Waals surface area (Å²) in [5, 5.41) is 8.62. The van der Waals surface area contributed by atoms with Gasteiger partial charge in [-0.25, -0.2) is 9.67 Å². The van der Waals surface area contributed by atoms with Gasteiger partial charge in [-0.3, -0.25) is 4.79 Å². The zero-order valence-corrected chi connectivity index (χ0v) is 17.0. The molecular weight excluding hydrogens is 348 g/mol. The fourth-order valence-corrected chi connectivity index (χ4v) is 3.68. The van der Waals surface area contributed by atoms with Crippen LogP contribution in [-0.2, 0) is 0 Å². The van der Waals surface area contributed by atoms with Crippen molar-refractivity contribution in [3.8, 4) is 0 Å². The second-order valence-corrected chi connectivity index (χ2v) is 8.37. The number of amides is 1. The average Bonchev–Trinajstić information content (AvgIpc) is 3.43. The summed E-state index contributed by atoms with van der Waals surface area (Å²) >= 11 is 0. The number of nitrogens with one attached hydrogen (secondary N) is 1. The lowest BCUT2D eigenvalue weighted by molar-refractivity contribution is 0.0933. The molecule has 5 heteroatoms. The van der Waals surface area contributed by atoms with Crippen LogP contribution in [0.25, 0.3) is 11.0 Å². The molecule has 1 aliphatic carbocycles. The Labute approximate surface area is 166 Å². The molecule has 4 rings (SSSR count). The lowest BCUT2D eigenvalue weighted by Gasteiger charge is -2.20. The lowest BCUT2D eigenvalue weighted by Crippen LogP contribution is -2.30. The fraction of sp³-hybridized carbons (Fsp3) is 0.435. The maximum Gasteiger partial charge on any atom is 0.252 e. The van der Waals surface area contributed by atoms with Gasteiger partial charge < -0.3 is 5.32 Å². The van der Waals surface area contributed by atoms with Gasteiger partial charge in [0.1, 0.15) is 0 Å². The Morgan fingerprint density at radius 3 is 2.46 bits per heavy atom. The molecule has 5 nitrogen and oxygen atoms in total. The highest BCUT2D eigenvalue weighted by atomic mass is 16.1. The molecule has 1 fully saturated rings. The molecule has 2 aromatic heterocycles. The van der Waals surface area contributed by atoms with E-state index in [9.17, 15) is 4.79 Å². The summed E-state index contributed by atoms with van der Waals surface area (Å²) in [5.41, 5.74) is 3.55. The van der Waals surface area contributed by atoms with E-state index < -0.39 is 0 Å². The normalized spacial score (nSPS) is 15.4. The van der Waals surface area contributed by atoms with E-state index >= 15 is 0 Å². The zero-order chi connectivity index (χ0) is 19.8. The molecule has 0 saturated heterocycles. The van der Waals surface area contributed by atoms with Gasteiger partial charge in [-0.05, 0) is 50.2 Å². The topological polar surface area (TPSA) is 59.8 Å². The Morgan fingerprint density at radius 1 is 1.14 bits per heavy atom. The third-order valence-electron chi connectivity index (χ3n) is 5.45. The van der Waals surface area contributed by atoms with Crippen molar-refractivity contribution in [2.24, 2.45) is 5.92 Å². The van der Waals surface area contributed by atoms with Crippen LogP contribution in [0, 0.1) is 5.92 Å². The molecule has 1 saturated carbocycles. The van der Waals surface area contributed by atoms with Gasteiger partial charge in [0.25, 0.3) is 5.91 Å². The molecule has 3 aromatic rings. The van der Waals surface area contributed by atoms with Crippen LogP contribution in [0.2, 0.25) is 0 Å². The number of fused-ring (bicyclic) bond motifs is 1. The minimum Gasteiger partial charge on any atom is -0.345 e. The van der Waals surface area contributed by atoms with Crippen molar-refractivity contribution in [3.63, 3.8) is 0 Å². The van der Waals surface area contributed by atoms with E-state index in [1.165, 1.54) is 5.56 Å². The van der Waals surface area contributed by atoms with Gasteiger partial charge in [-0.1, -0.05) is 44.2 Å². The van der Waals surface area contributed by atoms with Crippen molar-refractivity contribution in [1.29, 1.82) is 0 Å². The maximum absolute atomic E-state index is 13.4. The minimum atomic E-state index is -0.0432. The number of pyridine rings is 1. The number of aromatic nitrogens is 3. The third kappa shape index (κ3) is 3.53. The quantitative estimate of drug-likeness (QED) is 0.657. The molecule has 1 amide bonds. The maximum atomic E-state index is 13.4. The minimum absolute atomic E-state index is 0.0432. The summed E-state index contributed by atoms with van der Waals surface area (Å²) in [4.78, 5) is 18.2.